The number of allylic oxidation sites excluding steroid dienone is 5. The average Bonchev–Trinajstić information content (AvgIpc) is 2.97. The van der Waals surface area contributed by atoms with Crippen LogP contribution in [0.25, 0.3) is 11.2 Å². The fraction of sp³-hybridized carbons (Fsp3) is 0.143. The van der Waals surface area contributed by atoms with Crippen LogP contribution in [0.2, 0.25) is 0 Å². The van der Waals surface area contributed by atoms with Crippen LogP contribution < -0.4 is 10.9 Å². The highest BCUT2D eigenvalue weighted by molar-refractivity contribution is 6.06. The van der Waals surface area contributed by atoms with Crippen LogP contribution in [0.5, 0.6) is 0 Å². The SMILES string of the molecule is O=c1[nH]c(NC2=CC=CC3CC=CN=C23)nc2nc[nH]c12. The van der Waals surface area contributed by atoms with Gasteiger partial charge in [-0.2, -0.15) is 4.98 Å². The second-order valence-electron chi connectivity index (χ2n) is 4.85. The molecule has 7 heteroatoms. The minimum absolute atomic E-state index is 0.256. The Balaban J connectivity index is 1.72. The van der Waals surface area contributed by atoms with Crippen LogP contribution in [0.1, 0.15) is 6.42 Å². The van der Waals surface area contributed by atoms with Crippen molar-refractivity contribution in [2.75, 3.05) is 5.32 Å². The van der Waals surface area contributed by atoms with Gasteiger partial charge in [0.25, 0.3) is 5.56 Å². The highest BCUT2D eigenvalue weighted by Gasteiger charge is 2.21. The number of anilines is 1. The zero-order chi connectivity index (χ0) is 14.2. The van der Waals surface area contributed by atoms with Gasteiger partial charge >= 0.3 is 0 Å². The van der Waals surface area contributed by atoms with Gasteiger partial charge in [-0.1, -0.05) is 18.2 Å². The fourth-order valence-corrected chi connectivity index (χ4v) is 2.49. The topological polar surface area (TPSA) is 98.8 Å². The van der Waals surface area contributed by atoms with Gasteiger partial charge in [0.05, 0.1) is 17.7 Å². The number of hydrogen-bond acceptors (Lipinski definition) is 5. The molecule has 0 fully saturated rings. The Morgan fingerprint density at radius 3 is 3.29 bits per heavy atom. The quantitative estimate of drug-likeness (QED) is 0.776. The zero-order valence-corrected chi connectivity index (χ0v) is 11.0. The van der Waals surface area contributed by atoms with Crippen LogP contribution >= 0.6 is 0 Å². The number of hydrogen-bond donors (Lipinski definition) is 3. The number of aromatic amines is 2. The van der Waals surface area contributed by atoms with E-state index in [0.717, 1.165) is 17.8 Å². The smallest absolute Gasteiger partial charge is 0.278 e. The van der Waals surface area contributed by atoms with E-state index in [1.54, 1.807) is 6.20 Å². The van der Waals surface area contributed by atoms with Crippen molar-refractivity contribution >= 4 is 22.8 Å². The van der Waals surface area contributed by atoms with Gasteiger partial charge in [0, 0.05) is 12.1 Å². The van der Waals surface area contributed by atoms with Crippen molar-refractivity contribution in [1.29, 1.82) is 0 Å². The largest absolute Gasteiger partial charge is 0.339 e. The number of fused-ring (bicyclic) bond motifs is 2. The number of aromatic nitrogens is 4. The molecular weight excluding hydrogens is 268 g/mol. The van der Waals surface area contributed by atoms with Gasteiger partial charge < -0.3 is 10.3 Å². The van der Waals surface area contributed by atoms with Gasteiger partial charge in [0.15, 0.2) is 11.2 Å². The first-order chi connectivity index (χ1) is 10.3. The van der Waals surface area contributed by atoms with Crippen molar-refractivity contribution in [3.8, 4) is 0 Å². The molecule has 1 aliphatic carbocycles. The molecule has 2 aliphatic rings. The highest BCUT2D eigenvalue weighted by atomic mass is 16.1. The second kappa shape index (κ2) is 4.55. The predicted molar refractivity (Wildman–Crippen MR) is 80.0 cm³/mol. The minimum atomic E-state index is -0.256. The third-order valence-corrected chi connectivity index (χ3v) is 3.49. The van der Waals surface area contributed by atoms with Crippen molar-refractivity contribution in [3.63, 3.8) is 0 Å². The van der Waals surface area contributed by atoms with Crippen LogP contribution in [0, 0.1) is 5.92 Å². The molecule has 2 aromatic rings. The van der Waals surface area contributed by atoms with E-state index >= 15 is 0 Å². The third kappa shape index (κ3) is 1.99. The van der Waals surface area contributed by atoms with Crippen molar-refractivity contribution in [2.45, 2.75) is 6.42 Å². The van der Waals surface area contributed by atoms with Crippen LogP contribution in [0.15, 0.2) is 52.3 Å². The molecule has 1 atom stereocenters. The van der Waals surface area contributed by atoms with Crippen molar-refractivity contribution in [2.24, 2.45) is 10.9 Å². The Hall–Kier alpha value is -2.96. The molecule has 104 valence electrons. The summed E-state index contributed by atoms with van der Waals surface area (Å²) in [7, 11) is 0. The number of imidazole rings is 1. The molecule has 3 N–H and O–H groups in total. The van der Waals surface area contributed by atoms with Crippen LogP contribution in [0.4, 0.5) is 5.95 Å². The van der Waals surface area contributed by atoms with Gasteiger partial charge in [-0.25, -0.2) is 4.98 Å². The van der Waals surface area contributed by atoms with Crippen molar-refractivity contribution in [1.82, 2.24) is 19.9 Å². The molecule has 0 saturated heterocycles. The number of H-pyrrole nitrogens is 2. The molecule has 0 spiro atoms. The normalized spacial score (nSPS) is 20.1. The predicted octanol–water partition coefficient (Wildman–Crippen LogP) is 1.49. The van der Waals surface area contributed by atoms with Gasteiger partial charge in [-0.3, -0.25) is 14.8 Å². The lowest BCUT2D eigenvalue weighted by Gasteiger charge is -2.22. The molecule has 1 unspecified atom stereocenters. The number of rotatable bonds is 2. The molecule has 0 bridgehead atoms. The molecule has 4 rings (SSSR count). The standard InChI is InChI=1S/C14H12N6O/c21-13-11-12(17-7-16-11)19-14(20-13)18-9-5-1-3-8-4-2-6-15-10(8)9/h1-3,5-8H,4H2,(H3,16,17,18,19,20,21). The molecule has 0 saturated carbocycles. The minimum Gasteiger partial charge on any atom is -0.339 e. The molecule has 3 heterocycles. The van der Waals surface area contributed by atoms with Crippen LogP contribution in [-0.4, -0.2) is 25.6 Å². The Morgan fingerprint density at radius 1 is 1.38 bits per heavy atom. The summed E-state index contributed by atoms with van der Waals surface area (Å²) >= 11 is 0. The molecule has 21 heavy (non-hydrogen) atoms. The monoisotopic (exact) mass is 280 g/mol. The van der Waals surface area contributed by atoms with Crippen molar-refractivity contribution in [3.05, 3.63) is 52.9 Å². The third-order valence-electron chi connectivity index (χ3n) is 3.49. The van der Waals surface area contributed by atoms with E-state index in [1.807, 2.05) is 18.2 Å². The first-order valence-corrected chi connectivity index (χ1v) is 6.63. The number of nitrogens with one attached hydrogen (secondary N) is 3. The Bertz CT molecular complexity index is 882. The summed E-state index contributed by atoms with van der Waals surface area (Å²) in [6.45, 7) is 0. The number of aliphatic imine (C=N–C) groups is 1. The van der Waals surface area contributed by atoms with Gasteiger partial charge in [0.1, 0.15) is 0 Å². The Kier molecular flexibility index (Phi) is 2.56. The summed E-state index contributed by atoms with van der Waals surface area (Å²) in [5.41, 5.74) is 2.28. The first-order valence-electron chi connectivity index (χ1n) is 6.63. The van der Waals surface area contributed by atoms with E-state index in [1.165, 1.54) is 6.33 Å². The average molecular weight is 280 g/mol. The summed E-state index contributed by atoms with van der Waals surface area (Å²) in [4.78, 5) is 30.1. The maximum absolute atomic E-state index is 11.9. The van der Waals surface area contributed by atoms with E-state index in [-0.39, 0.29) is 11.5 Å². The van der Waals surface area contributed by atoms with Gasteiger partial charge in [-0.05, 0) is 12.5 Å². The lowest BCUT2D eigenvalue weighted by Crippen LogP contribution is -2.24. The van der Waals surface area contributed by atoms with Gasteiger partial charge in [-0.15, -0.1) is 0 Å². The summed E-state index contributed by atoms with van der Waals surface area (Å²) in [5, 5.41) is 3.13. The summed E-state index contributed by atoms with van der Waals surface area (Å²) in [6, 6.07) is 0. The summed E-state index contributed by atoms with van der Waals surface area (Å²) in [5.74, 6) is 0.625. The fourth-order valence-electron chi connectivity index (χ4n) is 2.49. The van der Waals surface area contributed by atoms with E-state index in [9.17, 15) is 4.79 Å². The lowest BCUT2D eigenvalue weighted by molar-refractivity contribution is 0.854. The summed E-state index contributed by atoms with van der Waals surface area (Å²) in [6.07, 6.45) is 12.2. The number of nitrogens with zero attached hydrogens (tertiary/aromatic N) is 3. The molecule has 7 nitrogen and oxygen atoms in total. The van der Waals surface area contributed by atoms with E-state index in [0.29, 0.717) is 17.1 Å². The Labute approximate surface area is 119 Å². The molecule has 0 aromatic carbocycles. The molecular formula is C14H12N6O. The van der Waals surface area contributed by atoms with Gasteiger partial charge in [0.2, 0.25) is 5.95 Å². The Morgan fingerprint density at radius 2 is 2.33 bits per heavy atom. The maximum Gasteiger partial charge on any atom is 0.278 e. The van der Waals surface area contributed by atoms with E-state index in [4.69, 9.17) is 0 Å². The molecule has 0 radical (unpaired) electrons. The second-order valence-corrected chi connectivity index (χ2v) is 4.85. The van der Waals surface area contributed by atoms with E-state index in [2.05, 4.69) is 36.3 Å². The van der Waals surface area contributed by atoms with Crippen LogP contribution in [-0.2, 0) is 0 Å². The molecule has 0 amide bonds. The zero-order valence-electron chi connectivity index (χ0n) is 11.0. The highest BCUT2D eigenvalue weighted by Crippen LogP contribution is 2.23. The van der Waals surface area contributed by atoms with Crippen molar-refractivity contribution < 1.29 is 0 Å². The molecule has 1 aliphatic heterocycles. The maximum atomic E-state index is 11.9. The molecule has 2 aromatic heterocycles. The van der Waals surface area contributed by atoms with E-state index < -0.39 is 0 Å². The lowest BCUT2D eigenvalue weighted by atomic mass is 9.91. The van der Waals surface area contributed by atoms with Crippen LogP contribution in [0.3, 0.4) is 0 Å². The summed E-state index contributed by atoms with van der Waals surface area (Å²) < 4.78 is 0. The first kappa shape index (κ1) is 11.8.